The Labute approximate surface area is 85.2 Å². The molecule has 0 aromatic carbocycles. The quantitative estimate of drug-likeness (QED) is 0.598. The third-order valence-electron chi connectivity index (χ3n) is 2.00. The first-order valence-corrected chi connectivity index (χ1v) is 4.97. The number of carbonyl (C=O) groups excluding carboxylic acids is 1. The molecule has 14 heavy (non-hydrogen) atoms. The molecule has 1 atom stereocenters. The molecule has 82 valence electrons. The maximum absolute atomic E-state index is 11.7. The fourth-order valence-corrected chi connectivity index (χ4v) is 1.32. The summed E-state index contributed by atoms with van der Waals surface area (Å²) in [5.74, 6) is 0. The highest BCUT2D eigenvalue weighted by molar-refractivity contribution is 5.68. The topological polar surface area (TPSA) is 38.8 Å². The molecule has 1 fully saturated rings. The number of ether oxygens (including phenoxy) is 2. The van der Waals surface area contributed by atoms with Crippen LogP contribution in [0, 0.1) is 0 Å². The Hall–Kier alpha value is -0.770. The number of amides is 1. The van der Waals surface area contributed by atoms with Gasteiger partial charge in [0.2, 0.25) is 0 Å². The number of rotatable bonds is 0. The maximum Gasteiger partial charge on any atom is 0.410 e. The molecule has 0 spiro atoms. The summed E-state index contributed by atoms with van der Waals surface area (Å²) in [4.78, 5) is 13.4. The van der Waals surface area contributed by atoms with E-state index in [0.29, 0.717) is 19.8 Å². The largest absolute Gasteiger partial charge is 0.444 e. The van der Waals surface area contributed by atoms with E-state index in [4.69, 9.17) is 9.47 Å². The van der Waals surface area contributed by atoms with Crippen molar-refractivity contribution in [3.63, 3.8) is 0 Å². The summed E-state index contributed by atoms with van der Waals surface area (Å²) in [5, 5.41) is 0. The zero-order valence-electron chi connectivity index (χ0n) is 9.37. The molecule has 1 aliphatic rings. The normalized spacial score (nSPS) is 23.4. The number of hydrogen-bond donors (Lipinski definition) is 0. The van der Waals surface area contributed by atoms with Gasteiger partial charge in [-0.25, -0.2) is 4.79 Å². The van der Waals surface area contributed by atoms with Crippen LogP contribution in [0.25, 0.3) is 0 Å². The molecule has 4 heteroatoms. The van der Waals surface area contributed by atoms with Gasteiger partial charge in [0.05, 0.1) is 19.3 Å². The van der Waals surface area contributed by atoms with Crippen molar-refractivity contribution in [1.29, 1.82) is 0 Å². The molecule has 0 aliphatic carbocycles. The van der Waals surface area contributed by atoms with E-state index in [0.717, 1.165) is 0 Å². The molecule has 0 bridgehead atoms. The van der Waals surface area contributed by atoms with E-state index in [9.17, 15) is 4.79 Å². The minimum Gasteiger partial charge on any atom is -0.444 e. The van der Waals surface area contributed by atoms with Crippen LogP contribution >= 0.6 is 0 Å². The van der Waals surface area contributed by atoms with Crippen LogP contribution in [-0.4, -0.2) is 42.4 Å². The monoisotopic (exact) mass is 201 g/mol. The van der Waals surface area contributed by atoms with Crippen LogP contribution in [0.1, 0.15) is 27.7 Å². The van der Waals surface area contributed by atoms with Gasteiger partial charge >= 0.3 is 6.09 Å². The van der Waals surface area contributed by atoms with Gasteiger partial charge in [-0.1, -0.05) is 0 Å². The lowest BCUT2D eigenvalue weighted by Gasteiger charge is -2.34. The first-order valence-electron chi connectivity index (χ1n) is 4.97. The lowest BCUT2D eigenvalue weighted by atomic mass is 10.2. The SMILES string of the molecule is CC1COCCN1C(=O)OC(C)(C)C. The van der Waals surface area contributed by atoms with Crippen molar-refractivity contribution in [3.05, 3.63) is 0 Å². The molecule has 0 aromatic heterocycles. The molecule has 1 aliphatic heterocycles. The van der Waals surface area contributed by atoms with E-state index < -0.39 is 5.60 Å². The molecule has 0 saturated carbocycles. The summed E-state index contributed by atoms with van der Waals surface area (Å²) < 4.78 is 10.5. The van der Waals surface area contributed by atoms with Gasteiger partial charge in [0.25, 0.3) is 0 Å². The van der Waals surface area contributed by atoms with E-state index in [1.807, 2.05) is 27.7 Å². The summed E-state index contributed by atoms with van der Waals surface area (Å²) in [7, 11) is 0. The molecular weight excluding hydrogens is 182 g/mol. The fourth-order valence-electron chi connectivity index (χ4n) is 1.32. The predicted octanol–water partition coefficient (Wildman–Crippen LogP) is 1.64. The molecule has 1 rings (SSSR count). The number of morpholine rings is 1. The minimum absolute atomic E-state index is 0.110. The molecule has 1 amide bonds. The van der Waals surface area contributed by atoms with E-state index in [1.54, 1.807) is 4.90 Å². The molecule has 4 nitrogen and oxygen atoms in total. The fraction of sp³-hybridized carbons (Fsp3) is 0.900. The smallest absolute Gasteiger partial charge is 0.410 e. The molecular formula is C10H19NO3. The van der Waals surface area contributed by atoms with Crippen LogP contribution in [0.2, 0.25) is 0 Å². The Bertz CT molecular complexity index is 210. The molecule has 1 saturated heterocycles. The summed E-state index contributed by atoms with van der Waals surface area (Å²) in [6.45, 7) is 9.39. The average Bonchev–Trinajstić information content (AvgIpc) is 2.01. The average molecular weight is 201 g/mol. The van der Waals surface area contributed by atoms with Gasteiger partial charge in [0.15, 0.2) is 0 Å². The number of hydrogen-bond acceptors (Lipinski definition) is 3. The first kappa shape index (κ1) is 11.3. The van der Waals surface area contributed by atoms with E-state index >= 15 is 0 Å². The number of nitrogens with zero attached hydrogens (tertiary/aromatic N) is 1. The third kappa shape index (κ3) is 3.18. The second-order valence-corrected chi connectivity index (χ2v) is 4.60. The Balaban J connectivity index is 2.50. The predicted molar refractivity (Wildman–Crippen MR) is 53.2 cm³/mol. The minimum atomic E-state index is -0.422. The van der Waals surface area contributed by atoms with Crippen LogP contribution in [0.15, 0.2) is 0 Å². The van der Waals surface area contributed by atoms with Crippen molar-refractivity contribution in [1.82, 2.24) is 4.90 Å². The Kier molecular flexibility index (Phi) is 3.37. The Morgan fingerprint density at radius 3 is 2.64 bits per heavy atom. The zero-order valence-corrected chi connectivity index (χ0v) is 9.37. The van der Waals surface area contributed by atoms with Gasteiger partial charge in [-0.3, -0.25) is 0 Å². The highest BCUT2D eigenvalue weighted by atomic mass is 16.6. The number of carbonyl (C=O) groups is 1. The van der Waals surface area contributed by atoms with Crippen molar-refractivity contribution >= 4 is 6.09 Å². The molecule has 0 aromatic rings. The van der Waals surface area contributed by atoms with Crippen LogP contribution in [0.4, 0.5) is 4.79 Å². The van der Waals surface area contributed by atoms with Gasteiger partial charge < -0.3 is 14.4 Å². The molecule has 1 heterocycles. The lowest BCUT2D eigenvalue weighted by Crippen LogP contribution is -2.48. The maximum atomic E-state index is 11.7. The van der Waals surface area contributed by atoms with Gasteiger partial charge in [0.1, 0.15) is 5.60 Å². The summed E-state index contributed by atoms with van der Waals surface area (Å²) in [6, 6.07) is 0.110. The molecule has 0 N–H and O–H groups in total. The van der Waals surface area contributed by atoms with Gasteiger partial charge in [-0.15, -0.1) is 0 Å². The van der Waals surface area contributed by atoms with Crippen LogP contribution in [0.3, 0.4) is 0 Å². The zero-order chi connectivity index (χ0) is 10.8. The first-order chi connectivity index (χ1) is 6.40. The van der Waals surface area contributed by atoms with Crippen molar-refractivity contribution in [3.8, 4) is 0 Å². The van der Waals surface area contributed by atoms with Gasteiger partial charge in [-0.2, -0.15) is 0 Å². The van der Waals surface area contributed by atoms with E-state index in [-0.39, 0.29) is 12.1 Å². The van der Waals surface area contributed by atoms with E-state index in [1.165, 1.54) is 0 Å². The summed E-state index contributed by atoms with van der Waals surface area (Å²) in [6.07, 6.45) is -0.242. The van der Waals surface area contributed by atoms with Crippen molar-refractivity contribution in [2.24, 2.45) is 0 Å². The second kappa shape index (κ2) is 4.17. The van der Waals surface area contributed by atoms with Crippen LogP contribution in [0.5, 0.6) is 0 Å². The Morgan fingerprint density at radius 1 is 1.50 bits per heavy atom. The summed E-state index contributed by atoms with van der Waals surface area (Å²) >= 11 is 0. The van der Waals surface area contributed by atoms with Gasteiger partial charge in [-0.05, 0) is 27.7 Å². The van der Waals surface area contributed by atoms with Crippen molar-refractivity contribution in [2.45, 2.75) is 39.3 Å². The van der Waals surface area contributed by atoms with Crippen molar-refractivity contribution < 1.29 is 14.3 Å². The van der Waals surface area contributed by atoms with Crippen molar-refractivity contribution in [2.75, 3.05) is 19.8 Å². The second-order valence-electron chi connectivity index (χ2n) is 4.60. The van der Waals surface area contributed by atoms with Crippen LogP contribution < -0.4 is 0 Å². The third-order valence-corrected chi connectivity index (χ3v) is 2.00. The standard InChI is InChI=1S/C10H19NO3/c1-8-7-13-6-5-11(8)9(12)14-10(2,3)4/h8H,5-7H2,1-4H3. The molecule has 0 radical (unpaired) electrons. The van der Waals surface area contributed by atoms with E-state index in [2.05, 4.69) is 0 Å². The lowest BCUT2D eigenvalue weighted by molar-refractivity contribution is -0.0278. The van der Waals surface area contributed by atoms with Crippen LogP contribution in [-0.2, 0) is 9.47 Å². The molecule has 1 unspecified atom stereocenters. The highest BCUT2D eigenvalue weighted by Gasteiger charge is 2.27. The van der Waals surface area contributed by atoms with Gasteiger partial charge in [0, 0.05) is 6.54 Å². The summed E-state index contributed by atoms with van der Waals surface area (Å²) in [5.41, 5.74) is -0.422. The Morgan fingerprint density at radius 2 is 2.14 bits per heavy atom. The highest BCUT2D eigenvalue weighted by Crippen LogP contribution is 2.13.